The highest BCUT2D eigenvalue weighted by Gasteiger charge is 2.25. The van der Waals surface area contributed by atoms with Crippen molar-refractivity contribution in [1.82, 2.24) is 15.1 Å². The number of nitrogens with zero attached hydrogens (tertiary/aromatic N) is 4. The summed E-state index contributed by atoms with van der Waals surface area (Å²) >= 11 is 0. The lowest BCUT2D eigenvalue weighted by Gasteiger charge is -2.35. The zero-order valence-electron chi connectivity index (χ0n) is 18.9. The van der Waals surface area contributed by atoms with E-state index in [1.165, 1.54) is 0 Å². The molecule has 35 heavy (non-hydrogen) atoms. The molecule has 7 heteroatoms. The standard InChI is InChI=1S/C28H22N4O3/c33-27(23-18-20-7-2-4-11-25(20)35-28(23)34)32-16-14-31(15-17-32)26-13-12-24(29-30-26)22-10-5-8-19-6-1-3-9-21(19)22/h1-13,18H,14-17H2. The fraction of sp³-hybridized carbons (Fsp3) is 0.143. The number of piperazine rings is 1. The number of carbonyl (C=O) groups excluding carboxylic acids is 1. The first kappa shape index (κ1) is 21.0. The van der Waals surface area contributed by atoms with Gasteiger partial charge in [0.1, 0.15) is 11.1 Å². The van der Waals surface area contributed by atoms with E-state index in [4.69, 9.17) is 4.42 Å². The zero-order chi connectivity index (χ0) is 23.8. The van der Waals surface area contributed by atoms with Crippen LogP contribution in [0, 0.1) is 0 Å². The van der Waals surface area contributed by atoms with E-state index in [9.17, 15) is 9.59 Å². The van der Waals surface area contributed by atoms with Gasteiger partial charge in [-0.05, 0) is 35.0 Å². The van der Waals surface area contributed by atoms with Crippen LogP contribution in [0.25, 0.3) is 33.0 Å². The molecule has 0 atom stereocenters. The summed E-state index contributed by atoms with van der Waals surface area (Å²) in [6.07, 6.45) is 0. The van der Waals surface area contributed by atoms with E-state index in [2.05, 4.69) is 39.4 Å². The summed E-state index contributed by atoms with van der Waals surface area (Å²) in [7, 11) is 0. The highest BCUT2D eigenvalue weighted by atomic mass is 16.4. The number of anilines is 1. The zero-order valence-corrected chi connectivity index (χ0v) is 18.9. The summed E-state index contributed by atoms with van der Waals surface area (Å²) in [4.78, 5) is 29.2. The molecule has 6 rings (SSSR count). The van der Waals surface area contributed by atoms with Gasteiger partial charge in [0.15, 0.2) is 5.82 Å². The Labute approximate surface area is 201 Å². The molecule has 7 nitrogen and oxygen atoms in total. The molecule has 1 amide bonds. The summed E-state index contributed by atoms with van der Waals surface area (Å²) in [5.41, 5.74) is 1.81. The Bertz CT molecular complexity index is 1600. The van der Waals surface area contributed by atoms with E-state index in [0.717, 1.165) is 33.2 Å². The molecule has 3 heterocycles. The second kappa shape index (κ2) is 8.68. The number of fused-ring (bicyclic) bond motifs is 2. The van der Waals surface area contributed by atoms with Gasteiger partial charge < -0.3 is 14.2 Å². The largest absolute Gasteiger partial charge is 0.422 e. The molecule has 172 valence electrons. The molecule has 5 aromatic rings. The van der Waals surface area contributed by atoms with Crippen molar-refractivity contribution < 1.29 is 9.21 Å². The first-order valence-electron chi connectivity index (χ1n) is 11.6. The predicted octanol–water partition coefficient (Wildman–Crippen LogP) is 4.37. The van der Waals surface area contributed by atoms with E-state index in [1.807, 2.05) is 42.5 Å². The molecular weight excluding hydrogens is 440 g/mol. The summed E-state index contributed by atoms with van der Waals surface area (Å²) in [6, 6.07) is 27.2. The van der Waals surface area contributed by atoms with Gasteiger partial charge in [-0.1, -0.05) is 60.7 Å². The summed E-state index contributed by atoms with van der Waals surface area (Å²) in [6.45, 7) is 2.18. The Balaban J connectivity index is 1.17. The van der Waals surface area contributed by atoms with Gasteiger partial charge in [0.05, 0.1) is 5.69 Å². The molecule has 1 saturated heterocycles. The number of hydrogen-bond acceptors (Lipinski definition) is 6. The molecule has 1 fully saturated rings. The predicted molar refractivity (Wildman–Crippen MR) is 136 cm³/mol. The maximum absolute atomic E-state index is 13.0. The topological polar surface area (TPSA) is 79.5 Å². The van der Waals surface area contributed by atoms with Gasteiger partial charge in [-0.2, -0.15) is 0 Å². The molecule has 1 aliphatic heterocycles. The van der Waals surface area contributed by atoms with Gasteiger partial charge in [-0.25, -0.2) is 4.79 Å². The number of rotatable bonds is 3. The van der Waals surface area contributed by atoms with Crippen molar-refractivity contribution in [2.75, 3.05) is 31.1 Å². The summed E-state index contributed by atoms with van der Waals surface area (Å²) in [5, 5.41) is 12.0. The number of hydrogen-bond donors (Lipinski definition) is 0. The quantitative estimate of drug-likeness (QED) is 0.371. The molecule has 3 aromatic carbocycles. The second-order valence-electron chi connectivity index (χ2n) is 8.57. The number of para-hydroxylation sites is 1. The van der Waals surface area contributed by atoms with Crippen molar-refractivity contribution in [2.24, 2.45) is 0 Å². The maximum Gasteiger partial charge on any atom is 0.349 e. The van der Waals surface area contributed by atoms with Gasteiger partial charge >= 0.3 is 5.63 Å². The number of carbonyl (C=O) groups is 1. The summed E-state index contributed by atoms with van der Waals surface area (Å²) < 4.78 is 5.34. The number of benzene rings is 3. The average Bonchev–Trinajstić information content (AvgIpc) is 2.92. The van der Waals surface area contributed by atoms with Gasteiger partial charge in [-0.15, -0.1) is 10.2 Å². The van der Waals surface area contributed by atoms with Crippen molar-refractivity contribution in [2.45, 2.75) is 0 Å². The lowest BCUT2D eigenvalue weighted by Crippen LogP contribution is -2.49. The van der Waals surface area contributed by atoms with Crippen LogP contribution in [0.1, 0.15) is 10.4 Å². The Morgan fingerprint density at radius 1 is 0.771 bits per heavy atom. The van der Waals surface area contributed by atoms with Crippen LogP contribution in [0.15, 0.2) is 94.1 Å². The van der Waals surface area contributed by atoms with Gasteiger partial charge in [0.25, 0.3) is 5.91 Å². The second-order valence-corrected chi connectivity index (χ2v) is 8.57. The lowest BCUT2D eigenvalue weighted by molar-refractivity contribution is 0.0742. The van der Waals surface area contributed by atoms with Crippen molar-refractivity contribution in [1.29, 1.82) is 0 Å². The van der Waals surface area contributed by atoms with E-state index in [-0.39, 0.29) is 11.5 Å². The molecule has 1 aliphatic rings. The molecule has 0 spiro atoms. The molecule has 0 unspecified atom stereocenters. The van der Waals surface area contributed by atoms with Crippen LogP contribution in [0.4, 0.5) is 5.82 Å². The highest BCUT2D eigenvalue weighted by molar-refractivity contribution is 5.97. The third-order valence-corrected chi connectivity index (χ3v) is 6.48. The lowest BCUT2D eigenvalue weighted by atomic mass is 10.0. The maximum atomic E-state index is 13.0. The van der Waals surface area contributed by atoms with Gasteiger partial charge in [-0.3, -0.25) is 4.79 Å². The third kappa shape index (κ3) is 3.91. The Hall–Kier alpha value is -4.52. The molecule has 0 bridgehead atoms. The van der Waals surface area contributed by atoms with Gasteiger partial charge in [0.2, 0.25) is 0 Å². The van der Waals surface area contributed by atoms with Crippen molar-refractivity contribution in [3.05, 3.63) is 101 Å². The fourth-order valence-corrected chi connectivity index (χ4v) is 4.61. The molecule has 0 N–H and O–H groups in total. The number of amides is 1. The molecule has 0 saturated carbocycles. The average molecular weight is 463 g/mol. The molecular formula is C28H22N4O3. The summed E-state index contributed by atoms with van der Waals surface area (Å²) in [5.74, 6) is 0.466. The smallest absolute Gasteiger partial charge is 0.349 e. The highest BCUT2D eigenvalue weighted by Crippen LogP contribution is 2.27. The van der Waals surface area contributed by atoms with E-state index in [1.54, 1.807) is 23.1 Å². The van der Waals surface area contributed by atoms with E-state index < -0.39 is 5.63 Å². The minimum Gasteiger partial charge on any atom is -0.422 e. The Morgan fingerprint density at radius 3 is 2.31 bits per heavy atom. The first-order valence-corrected chi connectivity index (χ1v) is 11.6. The van der Waals surface area contributed by atoms with E-state index >= 15 is 0 Å². The Morgan fingerprint density at radius 2 is 1.51 bits per heavy atom. The van der Waals surface area contributed by atoms with Crippen LogP contribution in [0.5, 0.6) is 0 Å². The molecule has 2 aromatic heterocycles. The van der Waals surface area contributed by atoms with Crippen LogP contribution in [-0.4, -0.2) is 47.2 Å². The third-order valence-electron chi connectivity index (χ3n) is 6.48. The van der Waals surface area contributed by atoms with Crippen LogP contribution >= 0.6 is 0 Å². The molecule has 0 aliphatic carbocycles. The van der Waals surface area contributed by atoms with Crippen LogP contribution in [0.2, 0.25) is 0 Å². The fourth-order valence-electron chi connectivity index (χ4n) is 4.61. The molecule has 0 radical (unpaired) electrons. The minimum absolute atomic E-state index is 0.0661. The van der Waals surface area contributed by atoms with Crippen LogP contribution < -0.4 is 10.5 Å². The first-order chi connectivity index (χ1) is 17.2. The van der Waals surface area contributed by atoms with E-state index in [0.29, 0.717) is 31.8 Å². The van der Waals surface area contributed by atoms with Crippen molar-refractivity contribution in [3.63, 3.8) is 0 Å². The van der Waals surface area contributed by atoms with Crippen molar-refractivity contribution >= 4 is 33.5 Å². The van der Waals surface area contributed by atoms with Crippen molar-refractivity contribution in [3.8, 4) is 11.3 Å². The number of aromatic nitrogens is 2. The SMILES string of the molecule is O=C(c1cc2ccccc2oc1=O)N1CCN(c2ccc(-c3cccc4ccccc34)nn2)CC1. The monoisotopic (exact) mass is 462 g/mol. The minimum atomic E-state index is -0.606. The Kier molecular flexibility index (Phi) is 5.22. The van der Waals surface area contributed by atoms with Gasteiger partial charge in [0, 0.05) is 37.1 Å². The van der Waals surface area contributed by atoms with Crippen LogP contribution in [-0.2, 0) is 0 Å². The van der Waals surface area contributed by atoms with Crippen LogP contribution in [0.3, 0.4) is 0 Å². The normalized spacial score (nSPS) is 13.9.